The van der Waals surface area contributed by atoms with Gasteiger partial charge in [0.05, 0.1) is 0 Å². The Morgan fingerprint density at radius 2 is 1.81 bits per heavy atom. The van der Waals surface area contributed by atoms with Crippen LogP contribution in [0.25, 0.3) is 0 Å². The molecule has 3 heteroatoms. The molecule has 1 heterocycles. The first-order valence-electron chi connectivity index (χ1n) is 8.32. The lowest BCUT2D eigenvalue weighted by molar-refractivity contribution is -0.0158. The fourth-order valence-corrected chi connectivity index (χ4v) is 4.29. The van der Waals surface area contributed by atoms with Crippen molar-refractivity contribution in [2.75, 3.05) is 37.6 Å². The van der Waals surface area contributed by atoms with Crippen molar-refractivity contribution in [2.45, 2.75) is 39.2 Å². The number of nitrogens with two attached hydrogens (primary N) is 1. The molecule has 0 amide bonds. The van der Waals surface area contributed by atoms with Crippen LogP contribution >= 0.6 is 0 Å². The topological polar surface area (TPSA) is 32.5 Å². The van der Waals surface area contributed by atoms with Crippen molar-refractivity contribution < 1.29 is 0 Å². The van der Waals surface area contributed by atoms with Crippen LogP contribution in [-0.4, -0.2) is 43.2 Å². The van der Waals surface area contributed by atoms with Crippen molar-refractivity contribution in [1.29, 1.82) is 0 Å². The summed E-state index contributed by atoms with van der Waals surface area (Å²) in [5, 5.41) is 0. The van der Waals surface area contributed by atoms with E-state index in [0.717, 1.165) is 38.6 Å². The normalized spacial score (nSPS) is 30.3. The number of hydrogen-bond donors (Lipinski definition) is 1. The van der Waals surface area contributed by atoms with E-state index in [1.807, 2.05) is 0 Å². The lowest BCUT2D eigenvalue weighted by Crippen LogP contribution is -2.65. The summed E-state index contributed by atoms with van der Waals surface area (Å²) in [7, 11) is 0. The summed E-state index contributed by atoms with van der Waals surface area (Å²) in [5.74, 6) is 0.852. The second-order valence-electron chi connectivity index (χ2n) is 7.14. The molecule has 116 valence electrons. The molecule has 1 aromatic rings. The van der Waals surface area contributed by atoms with E-state index < -0.39 is 0 Å². The molecule has 0 atom stereocenters. The standard InChI is InChI=1S/C18H29N3/c1-14-11-18(12-14,13-19)21-9-7-20(8-10-21)17-6-4-5-15(2)16(17)3/h4-6,14H,7-13,19H2,1-3H3. The Kier molecular flexibility index (Phi) is 3.98. The molecule has 21 heavy (non-hydrogen) atoms. The number of piperazine rings is 1. The maximum atomic E-state index is 6.10. The van der Waals surface area contributed by atoms with E-state index in [-0.39, 0.29) is 0 Å². The molecule has 1 aromatic carbocycles. The Balaban J connectivity index is 1.67. The Morgan fingerprint density at radius 3 is 2.38 bits per heavy atom. The summed E-state index contributed by atoms with van der Waals surface area (Å²) >= 11 is 0. The SMILES string of the molecule is Cc1cccc(N2CCN(C3(CN)CC(C)C3)CC2)c1C. The molecule has 1 aliphatic carbocycles. The summed E-state index contributed by atoms with van der Waals surface area (Å²) in [5.41, 5.74) is 10.6. The van der Waals surface area contributed by atoms with Crippen LogP contribution in [0.2, 0.25) is 0 Å². The largest absolute Gasteiger partial charge is 0.369 e. The smallest absolute Gasteiger partial charge is 0.0399 e. The van der Waals surface area contributed by atoms with Gasteiger partial charge in [-0.05, 0) is 49.8 Å². The van der Waals surface area contributed by atoms with Crippen LogP contribution in [-0.2, 0) is 0 Å². The number of rotatable bonds is 3. The molecule has 2 aliphatic rings. The number of hydrogen-bond acceptors (Lipinski definition) is 3. The van der Waals surface area contributed by atoms with Gasteiger partial charge in [-0.25, -0.2) is 0 Å². The summed E-state index contributed by atoms with van der Waals surface area (Å²) in [6.45, 7) is 12.2. The van der Waals surface area contributed by atoms with Crippen LogP contribution < -0.4 is 10.6 Å². The highest BCUT2D eigenvalue weighted by Crippen LogP contribution is 2.42. The van der Waals surface area contributed by atoms with Gasteiger partial charge in [-0.15, -0.1) is 0 Å². The van der Waals surface area contributed by atoms with Crippen molar-refractivity contribution in [2.24, 2.45) is 11.7 Å². The monoisotopic (exact) mass is 287 g/mol. The van der Waals surface area contributed by atoms with E-state index in [0.29, 0.717) is 5.54 Å². The maximum absolute atomic E-state index is 6.10. The predicted octanol–water partition coefficient (Wildman–Crippen LogP) is 2.55. The van der Waals surface area contributed by atoms with Crippen LogP contribution in [0, 0.1) is 19.8 Å². The minimum absolute atomic E-state index is 0.313. The Bertz CT molecular complexity index is 497. The second kappa shape index (κ2) is 5.62. The summed E-state index contributed by atoms with van der Waals surface area (Å²) in [6, 6.07) is 6.65. The molecule has 0 aromatic heterocycles. The van der Waals surface area contributed by atoms with E-state index in [1.165, 1.54) is 29.7 Å². The van der Waals surface area contributed by atoms with Crippen LogP contribution in [0.1, 0.15) is 30.9 Å². The zero-order chi connectivity index (χ0) is 15.0. The van der Waals surface area contributed by atoms with E-state index in [2.05, 4.69) is 48.8 Å². The van der Waals surface area contributed by atoms with E-state index in [1.54, 1.807) is 0 Å². The first kappa shape index (κ1) is 14.9. The average molecular weight is 287 g/mol. The Hall–Kier alpha value is -1.06. The minimum Gasteiger partial charge on any atom is -0.369 e. The lowest BCUT2D eigenvalue weighted by Gasteiger charge is -2.55. The number of anilines is 1. The van der Waals surface area contributed by atoms with Gasteiger partial charge in [0.1, 0.15) is 0 Å². The van der Waals surface area contributed by atoms with Gasteiger partial charge in [0.25, 0.3) is 0 Å². The van der Waals surface area contributed by atoms with Crippen molar-refractivity contribution >= 4 is 5.69 Å². The van der Waals surface area contributed by atoms with Gasteiger partial charge in [-0.3, -0.25) is 4.90 Å². The first-order valence-corrected chi connectivity index (χ1v) is 8.32. The zero-order valence-corrected chi connectivity index (χ0v) is 13.7. The number of benzene rings is 1. The Morgan fingerprint density at radius 1 is 1.14 bits per heavy atom. The van der Waals surface area contributed by atoms with E-state index >= 15 is 0 Å². The summed E-state index contributed by atoms with van der Waals surface area (Å²) in [4.78, 5) is 5.21. The van der Waals surface area contributed by atoms with Crippen LogP contribution in [0.15, 0.2) is 18.2 Å². The third-order valence-corrected chi connectivity index (χ3v) is 5.70. The molecule has 3 nitrogen and oxygen atoms in total. The van der Waals surface area contributed by atoms with E-state index in [4.69, 9.17) is 5.73 Å². The fraction of sp³-hybridized carbons (Fsp3) is 0.667. The van der Waals surface area contributed by atoms with Gasteiger partial charge in [-0.2, -0.15) is 0 Å². The second-order valence-corrected chi connectivity index (χ2v) is 7.14. The van der Waals surface area contributed by atoms with Gasteiger partial charge in [-0.1, -0.05) is 19.1 Å². The van der Waals surface area contributed by atoms with Crippen LogP contribution in [0.5, 0.6) is 0 Å². The molecule has 1 saturated carbocycles. The fourth-order valence-electron chi connectivity index (χ4n) is 4.29. The molecule has 0 unspecified atom stereocenters. The van der Waals surface area contributed by atoms with Crippen molar-refractivity contribution in [3.8, 4) is 0 Å². The maximum Gasteiger partial charge on any atom is 0.0399 e. The molecule has 1 saturated heterocycles. The molecule has 3 rings (SSSR count). The van der Waals surface area contributed by atoms with Gasteiger partial charge in [0.15, 0.2) is 0 Å². The minimum atomic E-state index is 0.313. The molecular weight excluding hydrogens is 258 g/mol. The number of nitrogens with zero attached hydrogens (tertiary/aromatic N) is 2. The predicted molar refractivity (Wildman–Crippen MR) is 89.9 cm³/mol. The molecule has 2 fully saturated rings. The lowest BCUT2D eigenvalue weighted by atomic mass is 9.68. The quantitative estimate of drug-likeness (QED) is 0.927. The molecule has 2 N–H and O–H groups in total. The van der Waals surface area contributed by atoms with Crippen LogP contribution in [0.4, 0.5) is 5.69 Å². The zero-order valence-electron chi connectivity index (χ0n) is 13.7. The molecule has 0 bridgehead atoms. The average Bonchev–Trinajstić information content (AvgIpc) is 2.47. The third kappa shape index (κ3) is 2.58. The molecule has 0 spiro atoms. The molecular formula is C18H29N3. The van der Waals surface area contributed by atoms with Gasteiger partial charge < -0.3 is 10.6 Å². The van der Waals surface area contributed by atoms with E-state index in [9.17, 15) is 0 Å². The highest BCUT2D eigenvalue weighted by Gasteiger charge is 2.46. The van der Waals surface area contributed by atoms with Crippen molar-refractivity contribution in [3.63, 3.8) is 0 Å². The third-order valence-electron chi connectivity index (χ3n) is 5.70. The van der Waals surface area contributed by atoms with Gasteiger partial charge in [0, 0.05) is 44.0 Å². The molecule has 1 aliphatic heterocycles. The summed E-state index contributed by atoms with van der Waals surface area (Å²) < 4.78 is 0. The highest BCUT2D eigenvalue weighted by molar-refractivity contribution is 5.56. The van der Waals surface area contributed by atoms with Crippen molar-refractivity contribution in [1.82, 2.24) is 4.90 Å². The first-order chi connectivity index (χ1) is 10.1. The van der Waals surface area contributed by atoms with Crippen LogP contribution in [0.3, 0.4) is 0 Å². The molecule has 0 radical (unpaired) electrons. The number of aryl methyl sites for hydroxylation is 1. The van der Waals surface area contributed by atoms with Gasteiger partial charge >= 0.3 is 0 Å². The Labute approximate surface area is 129 Å². The van der Waals surface area contributed by atoms with Gasteiger partial charge in [0.2, 0.25) is 0 Å². The highest BCUT2D eigenvalue weighted by atomic mass is 15.3. The summed E-state index contributed by atoms with van der Waals surface area (Å²) in [6.07, 6.45) is 2.57. The van der Waals surface area contributed by atoms with Crippen molar-refractivity contribution in [3.05, 3.63) is 29.3 Å².